The molecule has 0 spiro atoms. The van der Waals surface area contributed by atoms with Crippen molar-refractivity contribution in [1.82, 2.24) is 10.6 Å². The maximum Gasteiger partial charge on any atom is 0.413 e. The summed E-state index contributed by atoms with van der Waals surface area (Å²) in [6, 6.07) is 0. The van der Waals surface area contributed by atoms with Crippen molar-refractivity contribution in [3.63, 3.8) is 0 Å². The summed E-state index contributed by atoms with van der Waals surface area (Å²) in [6.07, 6.45) is -0.991. The molecule has 0 unspecified atom stereocenters. The highest BCUT2D eigenvalue weighted by atomic mass is 32.1. The Labute approximate surface area is 101 Å². The standard InChI is InChI=1S/C9H18N2O4S/c1-4-14-7(15-5-2)6-10-8(16)11-9(12)13-3/h7H,4-6H2,1-3H3,(H2,10,11,12,16). The molecule has 0 atom stereocenters. The molecule has 0 saturated heterocycles. The van der Waals surface area contributed by atoms with Crippen molar-refractivity contribution in [2.75, 3.05) is 26.9 Å². The number of thiocarbonyl (C=S) groups is 1. The van der Waals surface area contributed by atoms with E-state index in [0.717, 1.165) is 0 Å². The Balaban J connectivity index is 3.81. The van der Waals surface area contributed by atoms with Crippen LogP contribution in [0.2, 0.25) is 0 Å². The van der Waals surface area contributed by atoms with Crippen molar-refractivity contribution in [2.45, 2.75) is 20.1 Å². The summed E-state index contributed by atoms with van der Waals surface area (Å²) in [5.74, 6) is 0. The van der Waals surface area contributed by atoms with E-state index in [1.807, 2.05) is 13.8 Å². The van der Waals surface area contributed by atoms with Crippen LogP contribution in [0.15, 0.2) is 0 Å². The van der Waals surface area contributed by atoms with Gasteiger partial charge in [-0.3, -0.25) is 5.32 Å². The van der Waals surface area contributed by atoms with Crippen molar-refractivity contribution in [3.05, 3.63) is 0 Å². The minimum Gasteiger partial charge on any atom is -0.453 e. The third kappa shape index (κ3) is 7.38. The molecule has 2 N–H and O–H groups in total. The van der Waals surface area contributed by atoms with Crippen LogP contribution in [0.4, 0.5) is 4.79 Å². The number of hydrogen-bond acceptors (Lipinski definition) is 5. The second-order valence-corrected chi connectivity index (χ2v) is 3.08. The molecule has 0 heterocycles. The number of methoxy groups -OCH3 is 1. The Morgan fingerprint density at radius 3 is 2.31 bits per heavy atom. The third-order valence-corrected chi connectivity index (χ3v) is 1.78. The van der Waals surface area contributed by atoms with E-state index < -0.39 is 6.09 Å². The average Bonchev–Trinajstić information content (AvgIpc) is 2.26. The molecule has 0 radical (unpaired) electrons. The van der Waals surface area contributed by atoms with Gasteiger partial charge in [0.05, 0.1) is 13.7 Å². The summed E-state index contributed by atoms with van der Waals surface area (Å²) < 4.78 is 14.9. The second kappa shape index (κ2) is 9.32. The lowest BCUT2D eigenvalue weighted by Gasteiger charge is -2.18. The number of carbonyl (C=O) groups excluding carboxylic acids is 1. The van der Waals surface area contributed by atoms with Crippen LogP contribution in [-0.2, 0) is 14.2 Å². The first-order valence-corrected chi connectivity index (χ1v) is 5.40. The zero-order valence-electron chi connectivity index (χ0n) is 9.74. The molecule has 0 aromatic rings. The number of rotatable bonds is 6. The lowest BCUT2D eigenvalue weighted by Crippen LogP contribution is -2.43. The molecular formula is C9H18N2O4S. The molecule has 0 aromatic heterocycles. The highest BCUT2D eigenvalue weighted by molar-refractivity contribution is 7.80. The number of alkyl carbamates (subject to hydrolysis) is 1. The van der Waals surface area contributed by atoms with Crippen LogP contribution < -0.4 is 10.6 Å². The van der Waals surface area contributed by atoms with Crippen molar-refractivity contribution in [2.24, 2.45) is 0 Å². The normalized spacial score (nSPS) is 10.0. The van der Waals surface area contributed by atoms with E-state index in [9.17, 15) is 4.79 Å². The topological polar surface area (TPSA) is 68.8 Å². The van der Waals surface area contributed by atoms with E-state index in [0.29, 0.717) is 19.8 Å². The largest absolute Gasteiger partial charge is 0.453 e. The summed E-state index contributed by atoms with van der Waals surface area (Å²) >= 11 is 4.85. The maximum atomic E-state index is 10.8. The quantitative estimate of drug-likeness (QED) is 0.532. The van der Waals surface area contributed by atoms with Gasteiger partial charge in [-0.1, -0.05) is 0 Å². The van der Waals surface area contributed by atoms with Crippen LogP contribution in [0.1, 0.15) is 13.8 Å². The van der Waals surface area contributed by atoms with Gasteiger partial charge in [-0.2, -0.15) is 0 Å². The highest BCUT2D eigenvalue weighted by Crippen LogP contribution is 1.93. The fourth-order valence-corrected chi connectivity index (χ4v) is 1.07. The smallest absolute Gasteiger partial charge is 0.413 e. The van der Waals surface area contributed by atoms with Crippen LogP contribution in [0.25, 0.3) is 0 Å². The van der Waals surface area contributed by atoms with Gasteiger partial charge >= 0.3 is 6.09 Å². The van der Waals surface area contributed by atoms with Crippen LogP contribution in [0.5, 0.6) is 0 Å². The number of amides is 1. The van der Waals surface area contributed by atoms with E-state index in [4.69, 9.17) is 21.7 Å². The Bertz CT molecular complexity index is 220. The lowest BCUT2D eigenvalue weighted by atomic mass is 10.6. The molecule has 0 aliphatic heterocycles. The van der Waals surface area contributed by atoms with Gasteiger partial charge in [0.1, 0.15) is 0 Å². The molecule has 0 aliphatic carbocycles. The van der Waals surface area contributed by atoms with Gasteiger partial charge < -0.3 is 19.5 Å². The predicted octanol–water partition coefficient (Wildman–Crippen LogP) is 0.616. The first kappa shape index (κ1) is 15.1. The highest BCUT2D eigenvalue weighted by Gasteiger charge is 2.09. The van der Waals surface area contributed by atoms with Crippen molar-refractivity contribution >= 4 is 23.4 Å². The SMILES string of the molecule is CCOC(CNC(=S)NC(=O)OC)OCC. The molecule has 1 amide bonds. The van der Waals surface area contributed by atoms with Crippen LogP contribution in [-0.4, -0.2) is 44.4 Å². The van der Waals surface area contributed by atoms with Gasteiger partial charge in [0.25, 0.3) is 0 Å². The minimum atomic E-state index is -0.609. The van der Waals surface area contributed by atoms with Gasteiger partial charge in [0.2, 0.25) is 0 Å². The zero-order valence-corrected chi connectivity index (χ0v) is 10.6. The predicted molar refractivity (Wildman–Crippen MR) is 63.2 cm³/mol. The Morgan fingerprint density at radius 2 is 1.88 bits per heavy atom. The monoisotopic (exact) mass is 250 g/mol. The minimum absolute atomic E-state index is 0.177. The Morgan fingerprint density at radius 1 is 1.31 bits per heavy atom. The first-order chi connectivity index (χ1) is 7.63. The fourth-order valence-electron chi connectivity index (χ4n) is 0.902. The van der Waals surface area contributed by atoms with Gasteiger partial charge in [-0.15, -0.1) is 0 Å². The Kier molecular flexibility index (Phi) is 8.78. The summed E-state index contributed by atoms with van der Waals surface area (Å²) in [6.45, 7) is 5.20. The molecule has 16 heavy (non-hydrogen) atoms. The Hall–Kier alpha value is -0.920. The summed E-state index contributed by atoms with van der Waals surface area (Å²) in [7, 11) is 1.27. The number of nitrogens with one attached hydrogen (secondary N) is 2. The molecular weight excluding hydrogens is 232 g/mol. The number of hydrogen-bond donors (Lipinski definition) is 2. The molecule has 0 fully saturated rings. The van der Waals surface area contributed by atoms with Gasteiger partial charge in [0, 0.05) is 13.2 Å². The average molecular weight is 250 g/mol. The lowest BCUT2D eigenvalue weighted by molar-refractivity contribution is -0.131. The van der Waals surface area contributed by atoms with Gasteiger partial charge in [0.15, 0.2) is 11.4 Å². The van der Waals surface area contributed by atoms with Gasteiger partial charge in [-0.05, 0) is 26.1 Å². The zero-order chi connectivity index (χ0) is 12.4. The van der Waals surface area contributed by atoms with E-state index in [1.165, 1.54) is 7.11 Å². The van der Waals surface area contributed by atoms with Crippen molar-refractivity contribution in [1.29, 1.82) is 0 Å². The van der Waals surface area contributed by atoms with E-state index >= 15 is 0 Å². The summed E-state index contributed by atoms with van der Waals surface area (Å²) in [4.78, 5) is 10.8. The van der Waals surface area contributed by atoms with E-state index in [-0.39, 0.29) is 11.4 Å². The van der Waals surface area contributed by atoms with Crippen LogP contribution >= 0.6 is 12.2 Å². The molecule has 0 aromatic carbocycles. The second-order valence-electron chi connectivity index (χ2n) is 2.67. The molecule has 0 rings (SSSR count). The molecule has 94 valence electrons. The van der Waals surface area contributed by atoms with E-state index in [1.54, 1.807) is 0 Å². The fraction of sp³-hybridized carbons (Fsp3) is 0.778. The van der Waals surface area contributed by atoms with Crippen LogP contribution in [0, 0.1) is 0 Å². The summed E-state index contributed by atoms with van der Waals surface area (Å²) in [5.41, 5.74) is 0. The van der Waals surface area contributed by atoms with Crippen molar-refractivity contribution < 1.29 is 19.0 Å². The maximum absolute atomic E-state index is 10.8. The molecule has 0 bridgehead atoms. The molecule has 0 aliphatic rings. The number of carbonyl (C=O) groups is 1. The molecule has 6 nitrogen and oxygen atoms in total. The molecule has 7 heteroatoms. The van der Waals surface area contributed by atoms with E-state index in [2.05, 4.69) is 15.4 Å². The van der Waals surface area contributed by atoms with Crippen molar-refractivity contribution in [3.8, 4) is 0 Å². The number of ether oxygens (including phenoxy) is 3. The van der Waals surface area contributed by atoms with Crippen LogP contribution in [0.3, 0.4) is 0 Å². The third-order valence-electron chi connectivity index (χ3n) is 1.54. The van der Waals surface area contributed by atoms with Gasteiger partial charge in [-0.25, -0.2) is 4.79 Å². The first-order valence-electron chi connectivity index (χ1n) is 5.00. The summed E-state index contributed by atoms with van der Waals surface area (Å²) in [5, 5.41) is 5.28. The molecule has 0 saturated carbocycles.